The Balaban J connectivity index is 1.16. The number of nitrogens with zero attached hydrogens (tertiary/aromatic N) is 6. The largest absolute Gasteiger partial charge is 0.493 e. The lowest BCUT2D eigenvalue weighted by molar-refractivity contribution is 0.0978. The molecule has 0 bridgehead atoms. The Morgan fingerprint density at radius 2 is 1.60 bits per heavy atom. The maximum atomic E-state index is 12.9. The fourth-order valence-electron chi connectivity index (χ4n) is 4.76. The number of ether oxygens (including phenoxy) is 2. The van der Waals surface area contributed by atoms with Crippen molar-refractivity contribution in [1.82, 2.24) is 19.3 Å². The minimum absolute atomic E-state index is 0.00787. The van der Waals surface area contributed by atoms with Gasteiger partial charge in [-0.2, -0.15) is 5.10 Å². The number of carbonyl (C=O) groups excluding carboxylic acids is 1. The second-order valence-corrected chi connectivity index (χ2v) is 9.86. The van der Waals surface area contributed by atoms with Crippen molar-refractivity contribution in [2.45, 2.75) is 19.4 Å². The number of halogens is 1. The number of aromatic nitrogens is 4. The van der Waals surface area contributed by atoms with Crippen molar-refractivity contribution in [3.05, 3.63) is 88.2 Å². The number of pyridine rings is 1. The summed E-state index contributed by atoms with van der Waals surface area (Å²) in [4.78, 5) is 34.4. The van der Waals surface area contributed by atoms with E-state index >= 15 is 0 Å². The second-order valence-electron chi connectivity index (χ2n) is 9.43. The van der Waals surface area contributed by atoms with Crippen LogP contribution in [0.4, 0.5) is 11.5 Å². The van der Waals surface area contributed by atoms with Crippen LogP contribution in [0, 0.1) is 0 Å². The lowest BCUT2D eigenvalue weighted by Crippen LogP contribution is -2.46. The van der Waals surface area contributed by atoms with Crippen molar-refractivity contribution in [2.24, 2.45) is 0 Å². The van der Waals surface area contributed by atoms with Gasteiger partial charge in [0.15, 0.2) is 17.3 Å². The van der Waals surface area contributed by atoms with E-state index in [-0.39, 0.29) is 11.5 Å². The Kier molecular flexibility index (Phi) is 8.35. The molecule has 0 N–H and O–H groups in total. The molecule has 3 heterocycles. The molecule has 0 aliphatic carbocycles. The van der Waals surface area contributed by atoms with E-state index in [1.165, 1.54) is 15.6 Å². The SMILES string of the molecule is COc1ccc(N2CCN(c3ccc(-n4cnn(CCCC(=O)c5ccc(Cl)cc5)c4=O)cn3)CC2)cc1OC. The molecule has 10 nitrogen and oxygen atoms in total. The molecule has 1 saturated heterocycles. The first-order chi connectivity index (χ1) is 19.5. The Hall–Kier alpha value is -4.31. The number of piperazine rings is 1. The Labute approximate surface area is 237 Å². The summed E-state index contributed by atoms with van der Waals surface area (Å²) < 4.78 is 13.6. The number of anilines is 2. The quantitative estimate of drug-likeness (QED) is 0.267. The number of benzene rings is 2. The zero-order chi connectivity index (χ0) is 28.1. The van der Waals surface area contributed by atoms with Crippen LogP contribution in [0.5, 0.6) is 11.5 Å². The minimum Gasteiger partial charge on any atom is -0.493 e. The van der Waals surface area contributed by atoms with Gasteiger partial charge in [-0.15, -0.1) is 0 Å². The van der Waals surface area contributed by atoms with E-state index in [4.69, 9.17) is 21.1 Å². The van der Waals surface area contributed by atoms with E-state index in [0.717, 1.165) is 37.7 Å². The van der Waals surface area contributed by atoms with Crippen LogP contribution in [0.15, 0.2) is 71.9 Å². The molecular weight excluding hydrogens is 532 g/mol. The van der Waals surface area contributed by atoms with Crippen molar-refractivity contribution in [3.63, 3.8) is 0 Å². The van der Waals surface area contributed by atoms with Gasteiger partial charge in [-0.3, -0.25) is 4.79 Å². The van der Waals surface area contributed by atoms with Gasteiger partial charge in [0.05, 0.1) is 26.1 Å². The van der Waals surface area contributed by atoms with Crippen LogP contribution in [0.2, 0.25) is 5.02 Å². The van der Waals surface area contributed by atoms with E-state index in [1.807, 2.05) is 30.3 Å². The van der Waals surface area contributed by atoms with Crippen molar-refractivity contribution in [3.8, 4) is 17.2 Å². The van der Waals surface area contributed by atoms with E-state index < -0.39 is 0 Å². The number of aryl methyl sites for hydroxylation is 1. The van der Waals surface area contributed by atoms with Gasteiger partial charge < -0.3 is 19.3 Å². The van der Waals surface area contributed by atoms with Crippen molar-refractivity contribution >= 4 is 28.9 Å². The molecule has 0 unspecified atom stereocenters. The summed E-state index contributed by atoms with van der Waals surface area (Å²) in [6, 6.07) is 16.6. The highest BCUT2D eigenvalue weighted by molar-refractivity contribution is 6.30. The smallest absolute Gasteiger partial charge is 0.350 e. The maximum Gasteiger partial charge on any atom is 0.350 e. The molecule has 1 aliphatic heterocycles. The Morgan fingerprint density at radius 1 is 0.900 bits per heavy atom. The molecule has 0 amide bonds. The van der Waals surface area contributed by atoms with Crippen LogP contribution in [0.25, 0.3) is 5.69 Å². The Morgan fingerprint density at radius 3 is 2.27 bits per heavy atom. The van der Waals surface area contributed by atoms with Gasteiger partial charge in [-0.25, -0.2) is 19.0 Å². The van der Waals surface area contributed by atoms with Crippen LogP contribution >= 0.6 is 11.6 Å². The number of carbonyl (C=O) groups is 1. The molecule has 11 heteroatoms. The number of hydrogen-bond donors (Lipinski definition) is 0. The summed E-state index contributed by atoms with van der Waals surface area (Å²) in [5.74, 6) is 2.29. The maximum absolute atomic E-state index is 12.9. The van der Waals surface area contributed by atoms with E-state index in [2.05, 4.69) is 19.9 Å². The fraction of sp³-hybridized carbons (Fsp3) is 0.310. The zero-order valence-electron chi connectivity index (χ0n) is 22.5. The van der Waals surface area contributed by atoms with Gasteiger partial charge >= 0.3 is 5.69 Å². The van der Waals surface area contributed by atoms with E-state index in [1.54, 1.807) is 44.7 Å². The van der Waals surface area contributed by atoms with Crippen molar-refractivity contribution < 1.29 is 14.3 Å². The average Bonchev–Trinajstić information content (AvgIpc) is 3.37. The monoisotopic (exact) mass is 562 g/mol. The number of hydrogen-bond acceptors (Lipinski definition) is 8. The molecule has 0 saturated carbocycles. The molecule has 1 aliphatic rings. The minimum atomic E-state index is -0.267. The van der Waals surface area contributed by atoms with Gasteiger partial charge in [0.1, 0.15) is 12.1 Å². The molecular formula is C29H31ClN6O4. The normalized spacial score (nSPS) is 13.4. The zero-order valence-corrected chi connectivity index (χ0v) is 23.3. The lowest BCUT2D eigenvalue weighted by Gasteiger charge is -2.37. The average molecular weight is 563 g/mol. The van der Waals surface area contributed by atoms with Crippen LogP contribution in [0.3, 0.4) is 0 Å². The second kappa shape index (κ2) is 12.3. The van der Waals surface area contributed by atoms with Gasteiger partial charge in [-0.1, -0.05) is 11.6 Å². The molecule has 40 heavy (non-hydrogen) atoms. The third-order valence-electron chi connectivity index (χ3n) is 7.02. The molecule has 2 aromatic carbocycles. The van der Waals surface area contributed by atoms with Crippen LogP contribution in [-0.2, 0) is 6.54 Å². The standard InChI is InChI=1S/C29H31ClN6O4/c1-39-26-11-9-23(18-27(26)40-2)33-14-16-34(17-15-33)28-12-10-24(19-31-28)35-20-32-36(29(35)38)13-3-4-25(37)21-5-7-22(30)8-6-21/h5-12,18-20H,3-4,13-17H2,1-2H3. The van der Waals surface area contributed by atoms with E-state index in [9.17, 15) is 9.59 Å². The summed E-state index contributed by atoms with van der Waals surface area (Å²) in [7, 11) is 3.27. The highest BCUT2D eigenvalue weighted by Gasteiger charge is 2.20. The summed E-state index contributed by atoms with van der Waals surface area (Å²) in [6.07, 6.45) is 4.00. The summed E-state index contributed by atoms with van der Waals surface area (Å²) >= 11 is 5.89. The molecule has 0 spiro atoms. The van der Waals surface area contributed by atoms with Crippen LogP contribution in [0.1, 0.15) is 23.2 Å². The fourth-order valence-corrected chi connectivity index (χ4v) is 4.89. The molecule has 5 rings (SSSR count). The molecule has 4 aromatic rings. The Bertz CT molecular complexity index is 1510. The predicted molar refractivity (Wildman–Crippen MR) is 155 cm³/mol. The first-order valence-corrected chi connectivity index (χ1v) is 13.5. The van der Waals surface area contributed by atoms with Gasteiger partial charge in [0, 0.05) is 61.5 Å². The highest BCUT2D eigenvalue weighted by atomic mass is 35.5. The van der Waals surface area contributed by atoms with Crippen LogP contribution in [-0.4, -0.2) is 65.5 Å². The first kappa shape index (κ1) is 27.3. The number of rotatable bonds is 10. The molecule has 2 aromatic heterocycles. The summed E-state index contributed by atoms with van der Waals surface area (Å²) in [6.45, 7) is 3.65. The van der Waals surface area contributed by atoms with Gasteiger partial charge in [0.25, 0.3) is 0 Å². The molecule has 1 fully saturated rings. The highest BCUT2D eigenvalue weighted by Crippen LogP contribution is 2.32. The molecule has 208 valence electrons. The molecule has 0 radical (unpaired) electrons. The summed E-state index contributed by atoms with van der Waals surface area (Å²) in [5, 5.41) is 4.81. The van der Waals surface area contributed by atoms with Crippen molar-refractivity contribution in [2.75, 3.05) is 50.2 Å². The van der Waals surface area contributed by atoms with Crippen molar-refractivity contribution in [1.29, 1.82) is 0 Å². The topological polar surface area (TPSA) is 94.7 Å². The third-order valence-corrected chi connectivity index (χ3v) is 7.27. The van der Waals surface area contributed by atoms with Gasteiger partial charge in [0.2, 0.25) is 0 Å². The number of methoxy groups -OCH3 is 2. The van der Waals surface area contributed by atoms with Gasteiger partial charge in [-0.05, 0) is 55.0 Å². The predicted octanol–water partition coefficient (Wildman–Crippen LogP) is 4.09. The number of ketones is 1. The lowest BCUT2D eigenvalue weighted by atomic mass is 10.1. The third kappa shape index (κ3) is 5.96. The molecule has 0 atom stereocenters. The summed E-state index contributed by atoms with van der Waals surface area (Å²) in [5.41, 5.74) is 2.07. The number of Topliss-reactive ketones (excluding diaryl/α,β-unsaturated/α-hetero) is 1. The van der Waals surface area contributed by atoms with Crippen LogP contribution < -0.4 is 25.0 Å². The van der Waals surface area contributed by atoms with E-state index in [0.29, 0.717) is 47.2 Å². The first-order valence-electron chi connectivity index (χ1n) is 13.1.